The largest absolute Gasteiger partial charge is 0.507 e. The maximum absolute atomic E-state index is 15.8. The van der Waals surface area contributed by atoms with Gasteiger partial charge in [0.1, 0.15) is 17.3 Å². The second kappa shape index (κ2) is 6.82. The van der Waals surface area contributed by atoms with Gasteiger partial charge in [-0.3, -0.25) is 9.78 Å². The minimum atomic E-state index is -0.587. The number of carbonyl (C=O) groups is 1. The predicted octanol–water partition coefficient (Wildman–Crippen LogP) is 3.46. The van der Waals surface area contributed by atoms with Gasteiger partial charge in [0.2, 0.25) is 0 Å². The number of amides is 1. The Morgan fingerprint density at radius 3 is 2.90 bits per heavy atom. The summed E-state index contributed by atoms with van der Waals surface area (Å²) in [6.07, 6.45) is 1.53. The van der Waals surface area contributed by atoms with Crippen LogP contribution in [-0.2, 0) is 4.79 Å². The maximum atomic E-state index is 15.8. The number of phenolic OH excluding ortho intramolecular Hbond substituents is 1. The summed E-state index contributed by atoms with van der Waals surface area (Å²) in [6.45, 7) is 3.66. The zero-order valence-corrected chi connectivity index (χ0v) is 17.3. The van der Waals surface area contributed by atoms with Gasteiger partial charge in [-0.15, -0.1) is 0 Å². The first kappa shape index (κ1) is 19.1. The van der Waals surface area contributed by atoms with E-state index < -0.39 is 5.82 Å². The van der Waals surface area contributed by atoms with Crippen molar-refractivity contribution in [2.45, 2.75) is 13.0 Å². The van der Waals surface area contributed by atoms with Crippen molar-refractivity contribution in [3.8, 4) is 16.9 Å². The van der Waals surface area contributed by atoms with Gasteiger partial charge in [-0.05, 0) is 24.6 Å². The number of nitrogens with zero attached hydrogens (tertiary/aromatic N) is 3. The summed E-state index contributed by atoms with van der Waals surface area (Å²) >= 11 is 6.58. The molecule has 30 heavy (non-hydrogen) atoms. The number of piperazine rings is 1. The minimum absolute atomic E-state index is 0.0242. The third kappa shape index (κ3) is 2.58. The molecule has 2 aliphatic heterocycles. The number of fused-ring (bicyclic) bond motifs is 5. The zero-order chi connectivity index (χ0) is 21.2. The lowest BCUT2D eigenvalue weighted by Crippen LogP contribution is -2.61. The highest BCUT2D eigenvalue weighted by atomic mass is 35.5. The van der Waals surface area contributed by atoms with Gasteiger partial charge < -0.3 is 20.2 Å². The molecule has 1 amide bonds. The lowest BCUT2D eigenvalue weighted by atomic mass is 9.95. The number of hydrogen-bond donors (Lipinski definition) is 2. The fourth-order valence-corrected chi connectivity index (χ4v) is 4.82. The normalized spacial score (nSPS) is 18.5. The molecule has 2 N–H and O–H groups in total. The SMILES string of the molecule is Cc1cccc(O)c1-c1c(Cl)cc2c3c(cnc2c1F)N(C)C(=O)[C@H]1CNCCN31. The van der Waals surface area contributed by atoms with E-state index in [9.17, 15) is 9.90 Å². The van der Waals surface area contributed by atoms with Gasteiger partial charge in [0, 0.05) is 43.2 Å². The molecule has 5 rings (SSSR count). The van der Waals surface area contributed by atoms with E-state index in [2.05, 4.69) is 10.3 Å². The van der Waals surface area contributed by atoms with Crippen molar-refractivity contribution in [1.82, 2.24) is 10.3 Å². The van der Waals surface area contributed by atoms with Crippen LogP contribution in [0.5, 0.6) is 5.75 Å². The molecule has 1 saturated heterocycles. The molecule has 0 bridgehead atoms. The van der Waals surface area contributed by atoms with Crippen molar-refractivity contribution in [1.29, 1.82) is 0 Å². The fraction of sp³-hybridized carbons (Fsp3) is 0.273. The minimum Gasteiger partial charge on any atom is -0.507 e. The van der Waals surface area contributed by atoms with Crippen LogP contribution in [0.4, 0.5) is 15.8 Å². The van der Waals surface area contributed by atoms with Crippen LogP contribution >= 0.6 is 11.6 Å². The molecule has 3 heterocycles. The first-order valence-corrected chi connectivity index (χ1v) is 10.1. The topological polar surface area (TPSA) is 68.7 Å². The van der Waals surface area contributed by atoms with Crippen LogP contribution in [0.3, 0.4) is 0 Å². The summed E-state index contributed by atoms with van der Waals surface area (Å²) in [6, 6.07) is 6.34. The Bertz CT molecular complexity index is 1200. The van der Waals surface area contributed by atoms with E-state index in [4.69, 9.17) is 11.6 Å². The summed E-state index contributed by atoms with van der Waals surface area (Å²) in [5.74, 6) is -0.652. The Morgan fingerprint density at radius 1 is 1.33 bits per heavy atom. The molecule has 3 aromatic rings. The third-order valence-electron chi connectivity index (χ3n) is 6.01. The van der Waals surface area contributed by atoms with Crippen molar-refractivity contribution >= 4 is 39.8 Å². The van der Waals surface area contributed by atoms with E-state index >= 15 is 4.39 Å². The van der Waals surface area contributed by atoms with Crippen molar-refractivity contribution in [2.24, 2.45) is 0 Å². The van der Waals surface area contributed by atoms with E-state index in [0.29, 0.717) is 35.3 Å². The molecule has 8 heteroatoms. The lowest BCUT2D eigenvalue weighted by Gasteiger charge is -2.44. The van der Waals surface area contributed by atoms with Crippen LogP contribution in [0.1, 0.15) is 5.56 Å². The zero-order valence-electron chi connectivity index (χ0n) is 16.5. The van der Waals surface area contributed by atoms with Crippen LogP contribution in [-0.4, -0.2) is 48.7 Å². The fourth-order valence-electron chi connectivity index (χ4n) is 4.53. The van der Waals surface area contributed by atoms with Gasteiger partial charge in [-0.1, -0.05) is 23.7 Å². The Hall–Kier alpha value is -2.90. The second-order valence-corrected chi connectivity index (χ2v) is 8.12. The number of rotatable bonds is 1. The Labute approximate surface area is 177 Å². The molecule has 0 spiro atoms. The summed E-state index contributed by atoms with van der Waals surface area (Å²) < 4.78 is 15.8. The monoisotopic (exact) mass is 426 g/mol. The molecule has 0 saturated carbocycles. The van der Waals surface area contributed by atoms with Crippen molar-refractivity contribution < 1.29 is 14.3 Å². The molecule has 6 nitrogen and oxygen atoms in total. The van der Waals surface area contributed by atoms with E-state index in [-0.39, 0.29) is 33.8 Å². The second-order valence-electron chi connectivity index (χ2n) is 7.72. The molecule has 0 unspecified atom stereocenters. The standard InChI is InChI=1S/C22H20ClFN4O2/c1-11-4-3-5-16(29)17(11)18-13(23)8-12-20(19(18)24)26-10-14-21(12)28-7-6-25-9-15(28)22(30)27(14)2/h3-5,8,10,15,25,29H,6-7,9H2,1-2H3/t15-/m1/s1. The number of anilines is 2. The maximum Gasteiger partial charge on any atom is 0.250 e. The number of hydrogen-bond acceptors (Lipinski definition) is 5. The van der Waals surface area contributed by atoms with Crippen LogP contribution in [0.2, 0.25) is 5.02 Å². The number of benzene rings is 2. The number of aromatic nitrogens is 1. The molecule has 2 aromatic carbocycles. The van der Waals surface area contributed by atoms with E-state index in [1.54, 1.807) is 37.1 Å². The van der Waals surface area contributed by atoms with Crippen LogP contribution in [0, 0.1) is 12.7 Å². The molecule has 154 valence electrons. The first-order chi connectivity index (χ1) is 14.4. The van der Waals surface area contributed by atoms with E-state index in [1.807, 2.05) is 4.90 Å². The Balaban J connectivity index is 1.82. The van der Waals surface area contributed by atoms with E-state index in [0.717, 1.165) is 12.2 Å². The van der Waals surface area contributed by atoms with Crippen LogP contribution in [0.25, 0.3) is 22.0 Å². The summed E-state index contributed by atoms with van der Waals surface area (Å²) in [5.41, 5.74) is 2.75. The molecule has 0 aliphatic carbocycles. The van der Waals surface area contributed by atoms with Gasteiger partial charge in [0.15, 0.2) is 5.82 Å². The number of aromatic hydroxyl groups is 1. The molecule has 1 aromatic heterocycles. The number of pyridine rings is 1. The smallest absolute Gasteiger partial charge is 0.250 e. The van der Waals surface area contributed by atoms with Crippen LogP contribution < -0.4 is 15.1 Å². The third-order valence-corrected chi connectivity index (χ3v) is 6.31. The van der Waals surface area contributed by atoms with Crippen molar-refractivity contribution in [3.05, 3.63) is 46.9 Å². The average molecular weight is 427 g/mol. The highest BCUT2D eigenvalue weighted by Crippen LogP contribution is 2.46. The first-order valence-electron chi connectivity index (χ1n) is 9.74. The molecule has 0 radical (unpaired) electrons. The highest BCUT2D eigenvalue weighted by Gasteiger charge is 2.39. The number of phenols is 1. The number of nitrogens with one attached hydrogen (secondary N) is 1. The van der Waals surface area contributed by atoms with Crippen molar-refractivity contribution in [3.63, 3.8) is 0 Å². The van der Waals surface area contributed by atoms with E-state index in [1.165, 1.54) is 12.3 Å². The van der Waals surface area contributed by atoms with Gasteiger partial charge >= 0.3 is 0 Å². The highest BCUT2D eigenvalue weighted by molar-refractivity contribution is 6.35. The Morgan fingerprint density at radius 2 is 2.13 bits per heavy atom. The van der Waals surface area contributed by atoms with Crippen molar-refractivity contribution in [2.75, 3.05) is 36.5 Å². The number of halogens is 2. The van der Waals surface area contributed by atoms with Gasteiger partial charge in [-0.25, -0.2) is 4.39 Å². The van der Waals surface area contributed by atoms with Crippen LogP contribution in [0.15, 0.2) is 30.5 Å². The average Bonchev–Trinajstić information content (AvgIpc) is 2.73. The summed E-state index contributed by atoms with van der Waals surface area (Å²) in [7, 11) is 1.71. The predicted molar refractivity (Wildman–Crippen MR) is 116 cm³/mol. The van der Waals surface area contributed by atoms with Gasteiger partial charge in [0.05, 0.1) is 22.6 Å². The quantitative estimate of drug-likeness (QED) is 0.623. The van der Waals surface area contributed by atoms with Gasteiger partial charge in [-0.2, -0.15) is 0 Å². The summed E-state index contributed by atoms with van der Waals surface area (Å²) in [5, 5.41) is 14.4. The lowest BCUT2D eigenvalue weighted by molar-refractivity contribution is -0.120. The number of carbonyl (C=O) groups excluding carboxylic acids is 1. The molecular formula is C22H20ClFN4O2. The molecule has 2 aliphatic rings. The molecule has 1 atom stereocenters. The van der Waals surface area contributed by atoms with Gasteiger partial charge in [0.25, 0.3) is 5.91 Å². The molecule has 1 fully saturated rings. The summed E-state index contributed by atoms with van der Waals surface area (Å²) in [4.78, 5) is 20.7. The number of likely N-dealkylation sites (N-methyl/N-ethyl adjacent to an activating group) is 1. The Kier molecular flexibility index (Phi) is 4.34. The number of aryl methyl sites for hydroxylation is 1. The molecular weight excluding hydrogens is 407 g/mol.